The summed E-state index contributed by atoms with van der Waals surface area (Å²) in [7, 11) is 0. The van der Waals surface area contributed by atoms with E-state index in [1.165, 1.54) is 0 Å². The first kappa shape index (κ1) is 10.4. The molecule has 0 aliphatic rings. The summed E-state index contributed by atoms with van der Waals surface area (Å²) in [6.45, 7) is 3.67. The molecule has 0 bridgehead atoms. The van der Waals surface area contributed by atoms with Gasteiger partial charge >= 0.3 is 0 Å². The number of hydrogen-bond donors (Lipinski definition) is 1. The smallest absolute Gasteiger partial charge is 0.129 e. The van der Waals surface area contributed by atoms with Gasteiger partial charge in [-0.3, -0.25) is 0 Å². The Labute approximate surface area is 67.9 Å². The summed E-state index contributed by atoms with van der Waals surface area (Å²) in [4.78, 5) is 10.5. The van der Waals surface area contributed by atoms with Crippen LogP contribution < -0.4 is 0 Å². The summed E-state index contributed by atoms with van der Waals surface area (Å²) in [5, 5.41) is 8.50. The minimum absolute atomic E-state index is 0.103. The molecule has 0 aromatic carbocycles. The molecule has 0 aromatic rings. The van der Waals surface area contributed by atoms with Crippen molar-refractivity contribution >= 4 is 5.78 Å². The van der Waals surface area contributed by atoms with Crippen molar-refractivity contribution in [2.24, 2.45) is 0 Å². The van der Waals surface area contributed by atoms with Crippen LogP contribution in [0.5, 0.6) is 0 Å². The molecule has 0 fully saturated rings. The van der Waals surface area contributed by atoms with Crippen molar-refractivity contribution in [1.82, 2.24) is 0 Å². The zero-order chi connectivity index (χ0) is 8.69. The van der Waals surface area contributed by atoms with E-state index >= 15 is 0 Å². The summed E-state index contributed by atoms with van der Waals surface area (Å²) in [6, 6.07) is 0. The molecule has 0 aliphatic carbocycles. The van der Waals surface area contributed by atoms with Crippen LogP contribution in [-0.4, -0.2) is 17.5 Å². The molecule has 0 aromatic heterocycles. The van der Waals surface area contributed by atoms with Gasteiger partial charge < -0.3 is 9.90 Å². The first-order valence-electron chi connectivity index (χ1n) is 3.92. The molecule has 0 spiro atoms. The third-order valence-electron chi connectivity index (χ3n) is 1.54. The second-order valence-corrected chi connectivity index (χ2v) is 2.79. The summed E-state index contributed by atoms with van der Waals surface area (Å²) < 4.78 is 0. The predicted molar refractivity (Wildman–Crippen MR) is 45.4 cm³/mol. The summed E-state index contributed by atoms with van der Waals surface area (Å²) in [5.74, 6) is 0.238. The normalized spacial score (nSPS) is 11.7. The van der Waals surface area contributed by atoms with E-state index in [0.29, 0.717) is 6.42 Å². The van der Waals surface area contributed by atoms with Crippen LogP contribution in [0.3, 0.4) is 0 Å². The van der Waals surface area contributed by atoms with E-state index < -0.39 is 0 Å². The lowest BCUT2D eigenvalue weighted by molar-refractivity contribution is -0.117. The largest absolute Gasteiger partial charge is 0.392 e. The molecule has 0 aliphatic heterocycles. The van der Waals surface area contributed by atoms with Crippen LogP contribution in [-0.2, 0) is 4.79 Å². The highest BCUT2D eigenvalue weighted by Crippen LogP contribution is 2.05. The fourth-order valence-corrected chi connectivity index (χ4v) is 0.874. The lowest BCUT2D eigenvalue weighted by Gasteiger charge is -1.97. The highest BCUT2D eigenvalue weighted by atomic mass is 16.2. The quantitative estimate of drug-likeness (QED) is 0.615. The highest BCUT2D eigenvalue weighted by molar-refractivity contribution is 5.75. The minimum atomic E-state index is 0.103. The zero-order valence-electron chi connectivity index (χ0n) is 7.26. The lowest BCUT2D eigenvalue weighted by Crippen LogP contribution is -1.90. The maximum atomic E-state index is 10.5. The van der Waals surface area contributed by atoms with Crippen LogP contribution in [0, 0.1) is 0 Å². The van der Waals surface area contributed by atoms with E-state index in [1.807, 2.05) is 6.92 Å². The van der Waals surface area contributed by atoms with Gasteiger partial charge in [-0.15, -0.1) is 0 Å². The van der Waals surface area contributed by atoms with Crippen LogP contribution >= 0.6 is 0 Å². The van der Waals surface area contributed by atoms with Crippen molar-refractivity contribution in [1.29, 1.82) is 0 Å². The third-order valence-corrected chi connectivity index (χ3v) is 1.54. The van der Waals surface area contributed by atoms with Gasteiger partial charge in [-0.1, -0.05) is 11.6 Å². The molecule has 2 heteroatoms. The molecule has 0 saturated carbocycles. The average Bonchev–Trinajstić information content (AvgIpc) is 1.87. The van der Waals surface area contributed by atoms with Gasteiger partial charge in [0.05, 0.1) is 6.61 Å². The van der Waals surface area contributed by atoms with Crippen LogP contribution in [0.15, 0.2) is 11.6 Å². The van der Waals surface area contributed by atoms with Gasteiger partial charge in [-0.05, 0) is 26.7 Å². The SMILES string of the molecule is CC(=O)CCCC(C)=CCO. The van der Waals surface area contributed by atoms with E-state index in [4.69, 9.17) is 5.11 Å². The number of aliphatic hydroxyl groups is 1. The maximum Gasteiger partial charge on any atom is 0.129 e. The molecule has 0 unspecified atom stereocenters. The monoisotopic (exact) mass is 156 g/mol. The minimum Gasteiger partial charge on any atom is -0.392 e. The van der Waals surface area contributed by atoms with E-state index in [-0.39, 0.29) is 12.4 Å². The highest BCUT2D eigenvalue weighted by Gasteiger charge is 1.93. The number of carbonyl (C=O) groups is 1. The van der Waals surface area contributed by atoms with Crippen LogP contribution in [0.25, 0.3) is 0 Å². The van der Waals surface area contributed by atoms with Crippen molar-refractivity contribution in [2.45, 2.75) is 33.1 Å². The van der Waals surface area contributed by atoms with E-state index in [9.17, 15) is 4.79 Å². The number of allylic oxidation sites excluding steroid dienone is 1. The van der Waals surface area contributed by atoms with Crippen molar-refractivity contribution < 1.29 is 9.90 Å². The first-order chi connectivity index (χ1) is 5.16. The molecular formula is C9H16O2. The van der Waals surface area contributed by atoms with Gasteiger partial charge in [0, 0.05) is 6.42 Å². The fourth-order valence-electron chi connectivity index (χ4n) is 0.874. The van der Waals surface area contributed by atoms with Gasteiger partial charge in [0.2, 0.25) is 0 Å². The second-order valence-electron chi connectivity index (χ2n) is 2.79. The Hall–Kier alpha value is -0.630. The van der Waals surface area contributed by atoms with Crippen molar-refractivity contribution in [3.8, 4) is 0 Å². The topological polar surface area (TPSA) is 37.3 Å². The molecule has 1 N–H and O–H groups in total. The second kappa shape index (κ2) is 6.10. The van der Waals surface area contributed by atoms with Gasteiger partial charge in [0.15, 0.2) is 0 Å². The van der Waals surface area contributed by atoms with E-state index in [0.717, 1.165) is 18.4 Å². The van der Waals surface area contributed by atoms with Gasteiger partial charge in [-0.2, -0.15) is 0 Å². The number of hydrogen-bond acceptors (Lipinski definition) is 2. The standard InChI is InChI=1S/C9H16O2/c1-8(6-7-10)4-3-5-9(2)11/h6,10H,3-5,7H2,1-2H3. The summed E-state index contributed by atoms with van der Waals surface area (Å²) >= 11 is 0. The lowest BCUT2D eigenvalue weighted by atomic mass is 10.1. The summed E-state index contributed by atoms with van der Waals surface area (Å²) in [6.07, 6.45) is 4.24. The molecule has 64 valence electrons. The molecule has 11 heavy (non-hydrogen) atoms. The third kappa shape index (κ3) is 7.26. The average molecular weight is 156 g/mol. The molecule has 0 radical (unpaired) electrons. The molecular weight excluding hydrogens is 140 g/mol. The number of ketones is 1. The number of carbonyl (C=O) groups excluding carboxylic acids is 1. The van der Waals surface area contributed by atoms with Gasteiger partial charge in [-0.25, -0.2) is 0 Å². The Morgan fingerprint density at radius 3 is 2.45 bits per heavy atom. The summed E-state index contributed by atoms with van der Waals surface area (Å²) in [5.41, 5.74) is 1.16. The zero-order valence-corrected chi connectivity index (χ0v) is 7.26. The van der Waals surface area contributed by atoms with Crippen LogP contribution in [0.4, 0.5) is 0 Å². The van der Waals surface area contributed by atoms with Crippen molar-refractivity contribution in [3.05, 3.63) is 11.6 Å². The number of aliphatic hydroxyl groups excluding tert-OH is 1. The van der Waals surface area contributed by atoms with Crippen molar-refractivity contribution in [3.63, 3.8) is 0 Å². The Morgan fingerprint density at radius 2 is 2.00 bits per heavy atom. The maximum absolute atomic E-state index is 10.5. The first-order valence-corrected chi connectivity index (χ1v) is 3.92. The Bertz CT molecular complexity index is 148. The number of rotatable bonds is 5. The molecule has 0 atom stereocenters. The fraction of sp³-hybridized carbons (Fsp3) is 0.667. The molecule has 0 amide bonds. The van der Waals surface area contributed by atoms with E-state index in [2.05, 4.69) is 0 Å². The van der Waals surface area contributed by atoms with Crippen LogP contribution in [0.2, 0.25) is 0 Å². The molecule has 0 rings (SSSR count). The van der Waals surface area contributed by atoms with Gasteiger partial charge in [0.1, 0.15) is 5.78 Å². The Balaban J connectivity index is 3.38. The molecule has 2 nitrogen and oxygen atoms in total. The van der Waals surface area contributed by atoms with Gasteiger partial charge in [0.25, 0.3) is 0 Å². The molecule has 0 saturated heterocycles. The Kier molecular flexibility index (Phi) is 5.75. The van der Waals surface area contributed by atoms with Crippen molar-refractivity contribution in [2.75, 3.05) is 6.61 Å². The molecule has 0 heterocycles. The predicted octanol–water partition coefficient (Wildman–Crippen LogP) is 1.68. The van der Waals surface area contributed by atoms with Crippen LogP contribution in [0.1, 0.15) is 33.1 Å². The Morgan fingerprint density at radius 1 is 1.36 bits per heavy atom. The van der Waals surface area contributed by atoms with E-state index in [1.54, 1.807) is 13.0 Å². The number of Topliss-reactive ketones (excluding diaryl/α,β-unsaturated/α-hetero) is 1.